The van der Waals surface area contributed by atoms with Crippen molar-refractivity contribution in [3.8, 4) is 0 Å². The van der Waals surface area contributed by atoms with Gasteiger partial charge in [-0.1, -0.05) is 38.1 Å². The van der Waals surface area contributed by atoms with Crippen molar-refractivity contribution in [3.63, 3.8) is 0 Å². The number of nitrogens with one attached hydrogen (secondary N) is 2. The molecule has 0 aliphatic heterocycles. The topological polar surface area (TPSA) is 63.5 Å². The maximum absolute atomic E-state index is 5.72. The second-order valence-corrected chi connectivity index (χ2v) is 7.96. The zero-order chi connectivity index (χ0) is 19.5. The number of aromatic nitrogens is 2. The van der Waals surface area contributed by atoms with Crippen LogP contribution >= 0.6 is 0 Å². The van der Waals surface area contributed by atoms with E-state index in [4.69, 9.17) is 4.74 Å². The normalized spacial score (nSPS) is 24.3. The van der Waals surface area contributed by atoms with Gasteiger partial charge in [0.05, 0.1) is 12.1 Å². The Hall–Kier alpha value is -2.34. The van der Waals surface area contributed by atoms with E-state index in [1.54, 1.807) is 13.3 Å². The highest BCUT2D eigenvalue weighted by Gasteiger charge is 2.58. The van der Waals surface area contributed by atoms with Crippen LogP contribution in [0.3, 0.4) is 0 Å². The van der Waals surface area contributed by atoms with Gasteiger partial charge >= 0.3 is 0 Å². The number of hydrogen-bond donors (Lipinski definition) is 2. The molecule has 0 amide bonds. The van der Waals surface area contributed by atoms with Gasteiger partial charge in [-0.15, -0.1) is 0 Å². The Balaban J connectivity index is 1.61. The lowest BCUT2D eigenvalue weighted by atomic mass is 9.56. The van der Waals surface area contributed by atoms with Crippen LogP contribution in [-0.2, 0) is 17.8 Å². The number of ether oxygens (including phenoxy) is 1. The molecule has 2 N–H and O–H groups in total. The number of aliphatic imine (C=N–C) groups is 1. The zero-order valence-electron chi connectivity index (χ0n) is 17.0. The quantitative estimate of drug-likeness (QED) is 0.607. The van der Waals surface area contributed by atoms with Gasteiger partial charge < -0.3 is 15.4 Å². The van der Waals surface area contributed by atoms with E-state index < -0.39 is 0 Å². The molecular weight excluding hydrogens is 338 g/mol. The van der Waals surface area contributed by atoms with Gasteiger partial charge in [0.1, 0.15) is 0 Å². The molecule has 6 nitrogen and oxygen atoms in total. The molecule has 2 atom stereocenters. The molecule has 27 heavy (non-hydrogen) atoms. The number of nitrogens with zero attached hydrogens (tertiary/aromatic N) is 3. The summed E-state index contributed by atoms with van der Waals surface area (Å²) in [6.07, 6.45) is 4.75. The average molecular weight is 370 g/mol. The number of rotatable bonds is 6. The van der Waals surface area contributed by atoms with E-state index in [1.165, 1.54) is 11.1 Å². The molecule has 1 aromatic carbocycles. The van der Waals surface area contributed by atoms with Gasteiger partial charge in [0.15, 0.2) is 5.96 Å². The summed E-state index contributed by atoms with van der Waals surface area (Å²) in [5.41, 5.74) is 2.43. The molecule has 3 rings (SSSR count). The number of methoxy groups -OCH3 is 1. The third kappa shape index (κ3) is 3.86. The van der Waals surface area contributed by atoms with E-state index in [9.17, 15) is 0 Å². The summed E-state index contributed by atoms with van der Waals surface area (Å²) in [5, 5.41) is 11.3. The van der Waals surface area contributed by atoms with Gasteiger partial charge in [-0.05, 0) is 30.5 Å². The van der Waals surface area contributed by atoms with Crippen LogP contribution in [0.25, 0.3) is 0 Å². The second kappa shape index (κ2) is 7.72. The Morgan fingerprint density at radius 1 is 1.26 bits per heavy atom. The fourth-order valence-corrected chi connectivity index (χ4v) is 3.71. The third-order valence-electron chi connectivity index (χ3n) is 6.27. The van der Waals surface area contributed by atoms with Crippen LogP contribution in [0.5, 0.6) is 0 Å². The van der Waals surface area contributed by atoms with Crippen molar-refractivity contribution < 1.29 is 4.74 Å². The number of guanidine groups is 1. The summed E-state index contributed by atoms with van der Waals surface area (Å²) in [6, 6.07) is 10.7. The Bertz CT molecular complexity index is 784. The van der Waals surface area contributed by atoms with E-state index >= 15 is 0 Å². The summed E-state index contributed by atoms with van der Waals surface area (Å²) in [4.78, 5) is 4.41. The molecule has 0 radical (unpaired) electrons. The van der Waals surface area contributed by atoms with Crippen molar-refractivity contribution >= 4 is 5.96 Å². The standard InChI is InChI=1S/C21H31N5O/c1-20(2)18(13-21(20,3)27-5)25-19(22-4)23-14-16-9-6-7-10-17(16)15-26-12-8-11-24-26/h6-12,18H,13-15H2,1-5H3,(H2,22,23,25). The van der Waals surface area contributed by atoms with Gasteiger partial charge in [0.25, 0.3) is 0 Å². The minimum Gasteiger partial charge on any atom is -0.378 e. The Morgan fingerprint density at radius 2 is 2.00 bits per heavy atom. The van der Waals surface area contributed by atoms with Gasteiger partial charge in [0.2, 0.25) is 0 Å². The molecular formula is C21H31N5O. The van der Waals surface area contributed by atoms with Crippen molar-refractivity contribution in [2.45, 2.75) is 51.9 Å². The SMILES string of the molecule is CN=C(NCc1ccccc1Cn1cccn1)NC1CC(C)(OC)C1(C)C. The monoisotopic (exact) mass is 369 g/mol. The van der Waals surface area contributed by atoms with Crippen molar-refractivity contribution in [1.82, 2.24) is 20.4 Å². The van der Waals surface area contributed by atoms with Crippen molar-refractivity contribution in [3.05, 3.63) is 53.9 Å². The van der Waals surface area contributed by atoms with Crippen molar-refractivity contribution in [2.75, 3.05) is 14.2 Å². The van der Waals surface area contributed by atoms with E-state index in [0.717, 1.165) is 18.9 Å². The first-order valence-corrected chi connectivity index (χ1v) is 9.46. The molecule has 2 aromatic rings. The lowest BCUT2D eigenvalue weighted by Crippen LogP contribution is -2.69. The van der Waals surface area contributed by atoms with Crippen LogP contribution < -0.4 is 10.6 Å². The number of benzene rings is 1. The molecule has 1 aliphatic carbocycles. The fourth-order valence-electron chi connectivity index (χ4n) is 3.71. The molecule has 6 heteroatoms. The first-order chi connectivity index (χ1) is 12.9. The highest BCUT2D eigenvalue weighted by atomic mass is 16.5. The van der Waals surface area contributed by atoms with Crippen molar-refractivity contribution in [1.29, 1.82) is 0 Å². The molecule has 1 heterocycles. The smallest absolute Gasteiger partial charge is 0.191 e. The summed E-state index contributed by atoms with van der Waals surface area (Å²) in [7, 11) is 3.60. The molecule has 1 aromatic heterocycles. The van der Waals surface area contributed by atoms with Crippen LogP contribution in [0, 0.1) is 5.41 Å². The first kappa shape index (κ1) is 19.4. The summed E-state index contributed by atoms with van der Waals surface area (Å²) < 4.78 is 7.66. The average Bonchev–Trinajstić information content (AvgIpc) is 3.18. The van der Waals surface area contributed by atoms with Crippen LogP contribution in [0.1, 0.15) is 38.3 Å². The van der Waals surface area contributed by atoms with E-state index in [0.29, 0.717) is 12.6 Å². The highest BCUT2D eigenvalue weighted by molar-refractivity contribution is 5.80. The predicted octanol–water partition coefficient (Wildman–Crippen LogP) is 2.80. The van der Waals surface area contributed by atoms with Gasteiger partial charge in [-0.3, -0.25) is 9.67 Å². The molecule has 1 saturated carbocycles. The summed E-state index contributed by atoms with van der Waals surface area (Å²) in [6.45, 7) is 8.13. The minimum absolute atomic E-state index is 0.0391. The largest absolute Gasteiger partial charge is 0.378 e. The maximum atomic E-state index is 5.72. The third-order valence-corrected chi connectivity index (χ3v) is 6.27. The summed E-state index contributed by atoms with van der Waals surface area (Å²) in [5.74, 6) is 0.820. The van der Waals surface area contributed by atoms with Crippen LogP contribution in [0.15, 0.2) is 47.7 Å². The molecule has 146 valence electrons. The molecule has 0 saturated heterocycles. The highest BCUT2D eigenvalue weighted by Crippen LogP contribution is 2.51. The van der Waals surface area contributed by atoms with Crippen LogP contribution in [0.4, 0.5) is 0 Å². The van der Waals surface area contributed by atoms with Crippen molar-refractivity contribution in [2.24, 2.45) is 10.4 Å². The van der Waals surface area contributed by atoms with E-state index in [-0.39, 0.29) is 11.0 Å². The van der Waals surface area contributed by atoms with Gasteiger partial charge in [-0.25, -0.2) is 0 Å². The fraction of sp³-hybridized carbons (Fsp3) is 0.524. The second-order valence-electron chi connectivity index (χ2n) is 7.96. The lowest BCUT2D eigenvalue weighted by molar-refractivity contribution is -0.176. The Kier molecular flexibility index (Phi) is 5.56. The Morgan fingerprint density at radius 3 is 2.59 bits per heavy atom. The maximum Gasteiger partial charge on any atom is 0.191 e. The summed E-state index contributed by atoms with van der Waals surface area (Å²) >= 11 is 0. The van der Waals surface area contributed by atoms with Gasteiger partial charge in [-0.2, -0.15) is 5.10 Å². The molecule has 0 bridgehead atoms. The van der Waals surface area contributed by atoms with Gasteiger partial charge in [0, 0.05) is 44.6 Å². The van der Waals surface area contributed by atoms with Crippen LogP contribution in [0.2, 0.25) is 0 Å². The predicted molar refractivity (Wildman–Crippen MR) is 109 cm³/mol. The van der Waals surface area contributed by atoms with Crippen LogP contribution in [-0.4, -0.2) is 41.5 Å². The molecule has 2 unspecified atom stereocenters. The molecule has 1 fully saturated rings. The molecule has 0 spiro atoms. The first-order valence-electron chi connectivity index (χ1n) is 9.46. The minimum atomic E-state index is -0.0973. The molecule has 1 aliphatic rings. The number of hydrogen-bond acceptors (Lipinski definition) is 3. The Labute approximate surface area is 162 Å². The zero-order valence-corrected chi connectivity index (χ0v) is 17.0. The van der Waals surface area contributed by atoms with E-state index in [1.807, 2.05) is 24.0 Å². The lowest BCUT2D eigenvalue weighted by Gasteiger charge is -2.59. The van der Waals surface area contributed by atoms with E-state index in [2.05, 4.69) is 65.8 Å².